The second kappa shape index (κ2) is 1.74. The van der Waals surface area contributed by atoms with Crippen molar-refractivity contribution >= 4 is 0 Å². The molecule has 0 aliphatic heterocycles. The molecule has 0 heteroatoms. The largest absolute Gasteiger partial charge is 0.207 e. The minimum atomic E-state index is 0.948. The molecule has 11 heavy (non-hydrogen) atoms. The SMILES string of the molecule is Cc1cc2c([cH-]1)C1CCC2C1. The molecular formula is C11H13-. The van der Waals surface area contributed by atoms with Crippen LogP contribution in [0.2, 0.25) is 0 Å². The molecule has 2 aliphatic rings. The fraction of sp³-hybridized carbons (Fsp3) is 0.545. The van der Waals surface area contributed by atoms with Crippen molar-refractivity contribution in [2.45, 2.75) is 38.0 Å². The van der Waals surface area contributed by atoms with Gasteiger partial charge in [0, 0.05) is 0 Å². The summed E-state index contributed by atoms with van der Waals surface area (Å²) in [6, 6.07) is 4.80. The summed E-state index contributed by atoms with van der Waals surface area (Å²) >= 11 is 0. The van der Waals surface area contributed by atoms with Gasteiger partial charge < -0.3 is 0 Å². The van der Waals surface area contributed by atoms with Gasteiger partial charge in [-0.15, -0.1) is 0 Å². The van der Waals surface area contributed by atoms with E-state index in [0.29, 0.717) is 0 Å². The van der Waals surface area contributed by atoms with Crippen molar-refractivity contribution in [2.75, 3.05) is 0 Å². The van der Waals surface area contributed by atoms with Gasteiger partial charge >= 0.3 is 0 Å². The molecular weight excluding hydrogens is 132 g/mol. The lowest BCUT2D eigenvalue weighted by Gasteiger charge is -2.16. The van der Waals surface area contributed by atoms with Gasteiger partial charge in [-0.2, -0.15) is 22.8 Å². The van der Waals surface area contributed by atoms with E-state index in [4.69, 9.17) is 0 Å². The summed E-state index contributed by atoms with van der Waals surface area (Å²) in [5.74, 6) is 1.90. The summed E-state index contributed by atoms with van der Waals surface area (Å²) in [5, 5.41) is 0. The van der Waals surface area contributed by atoms with E-state index in [1.54, 1.807) is 11.1 Å². The highest BCUT2D eigenvalue weighted by atomic mass is 14.4. The minimum Gasteiger partial charge on any atom is -0.207 e. The maximum absolute atomic E-state index is 2.40. The molecule has 1 saturated carbocycles. The van der Waals surface area contributed by atoms with Crippen LogP contribution in [-0.4, -0.2) is 0 Å². The molecule has 0 saturated heterocycles. The molecule has 2 aliphatic carbocycles. The third-order valence-corrected chi connectivity index (χ3v) is 3.41. The molecule has 58 valence electrons. The van der Waals surface area contributed by atoms with Crippen molar-refractivity contribution in [3.8, 4) is 0 Å². The maximum atomic E-state index is 2.40. The van der Waals surface area contributed by atoms with E-state index < -0.39 is 0 Å². The topological polar surface area (TPSA) is 0 Å². The second-order valence-corrected chi connectivity index (χ2v) is 4.15. The van der Waals surface area contributed by atoms with E-state index in [9.17, 15) is 0 Å². The Labute approximate surface area is 67.6 Å². The first-order valence-electron chi connectivity index (χ1n) is 4.62. The zero-order chi connectivity index (χ0) is 7.42. The van der Waals surface area contributed by atoms with Crippen LogP contribution in [0.1, 0.15) is 47.8 Å². The van der Waals surface area contributed by atoms with Crippen LogP contribution in [0, 0.1) is 6.92 Å². The molecule has 0 radical (unpaired) electrons. The lowest BCUT2D eigenvalue weighted by molar-refractivity contribution is 0.722. The number of aryl methyl sites for hydroxylation is 1. The highest BCUT2D eigenvalue weighted by Crippen LogP contribution is 2.53. The van der Waals surface area contributed by atoms with Crippen LogP contribution in [-0.2, 0) is 0 Å². The summed E-state index contributed by atoms with van der Waals surface area (Å²) < 4.78 is 0. The highest BCUT2D eigenvalue weighted by molar-refractivity contribution is 5.45. The first-order chi connectivity index (χ1) is 5.34. The van der Waals surface area contributed by atoms with E-state index >= 15 is 0 Å². The number of rotatable bonds is 0. The first kappa shape index (κ1) is 5.93. The Bertz CT molecular complexity index is 265. The first-order valence-corrected chi connectivity index (χ1v) is 4.62. The van der Waals surface area contributed by atoms with E-state index in [2.05, 4.69) is 19.1 Å². The molecule has 2 atom stereocenters. The molecule has 1 fully saturated rings. The van der Waals surface area contributed by atoms with E-state index in [1.165, 1.54) is 24.8 Å². The highest BCUT2D eigenvalue weighted by Gasteiger charge is 2.31. The van der Waals surface area contributed by atoms with Crippen LogP contribution in [0.4, 0.5) is 0 Å². The van der Waals surface area contributed by atoms with Gasteiger partial charge in [0.25, 0.3) is 0 Å². The van der Waals surface area contributed by atoms with Gasteiger partial charge in [-0.05, 0) is 12.3 Å². The lowest BCUT2D eigenvalue weighted by atomic mass is 9.96. The summed E-state index contributed by atoms with van der Waals surface area (Å²) in [6.45, 7) is 2.22. The molecule has 0 aromatic heterocycles. The summed E-state index contributed by atoms with van der Waals surface area (Å²) in [4.78, 5) is 0. The molecule has 0 spiro atoms. The van der Waals surface area contributed by atoms with Crippen LogP contribution >= 0.6 is 0 Å². The van der Waals surface area contributed by atoms with Crippen LogP contribution in [0.3, 0.4) is 0 Å². The van der Waals surface area contributed by atoms with E-state index in [-0.39, 0.29) is 0 Å². The monoisotopic (exact) mass is 145 g/mol. The second-order valence-electron chi connectivity index (χ2n) is 4.15. The van der Waals surface area contributed by atoms with Crippen molar-refractivity contribution < 1.29 is 0 Å². The van der Waals surface area contributed by atoms with Crippen molar-refractivity contribution in [1.82, 2.24) is 0 Å². The average molecular weight is 145 g/mol. The quantitative estimate of drug-likeness (QED) is 0.492. The Morgan fingerprint density at radius 3 is 3.00 bits per heavy atom. The molecule has 2 unspecified atom stereocenters. The normalized spacial score (nSPS) is 32.8. The Hall–Kier alpha value is -0.650. The van der Waals surface area contributed by atoms with Gasteiger partial charge in [0.1, 0.15) is 0 Å². The van der Waals surface area contributed by atoms with E-state index in [1.807, 2.05) is 0 Å². The van der Waals surface area contributed by atoms with Crippen LogP contribution < -0.4 is 0 Å². The fourth-order valence-corrected chi connectivity index (χ4v) is 2.95. The van der Waals surface area contributed by atoms with Crippen LogP contribution in [0.25, 0.3) is 0 Å². The van der Waals surface area contributed by atoms with Crippen LogP contribution in [0.5, 0.6) is 0 Å². The molecule has 2 bridgehead atoms. The van der Waals surface area contributed by atoms with E-state index in [0.717, 1.165) is 11.8 Å². The summed E-state index contributed by atoms with van der Waals surface area (Å²) in [7, 11) is 0. The Morgan fingerprint density at radius 1 is 1.36 bits per heavy atom. The Morgan fingerprint density at radius 2 is 2.18 bits per heavy atom. The molecule has 0 amide bonds. The van der Waals surface area contributed by atoms with Crippen molar-refractivity contribution in [2.24, 2.45) is 0 Å². The van der Waals surface area contributed by atoms with Crippen molar-refractivity contribution in [1.29, 1.82) is 0 Å². The third kappa shape index (κ3) is 0.628. The average Bonchev–Trinajstić information content (AvgIpc) is 2.53. The molecule has 0 N–H and O–H groups in total. The number of fused-ring (bicyclic) bond motifs is 5. The standard InChI is InChI=1S/C11H13/c1-7-4-10-8-2-3-9(6-8)11(10)5-7/h4-5,8-9H,2-3,6H2,1H3/q-1. The molecule has 1 aromatic carbocycles. The van der Waals surface area contributed by atoms with Gasteiger partial charge in [-0.3, -0.25) is 0 Å². The zero-order valence-corrected chi connectivity index (χ0v) is 6.93. The van der Waals surface area contributed by atoms with Crippen molar-refractivity contribution in [3.05, 3.63) is 28.8 Å². The predicted molar refractivity (Wildman–Crippen MR) is 46.1 cm³/mol. The lowest BCUT2D eigenvalue weighted by Crippen LogP contribution is -1.92. The van der Waals surface area contributed by atoms with Crippen molar-refractivity contribution in [3.63, 3.8) is 0 Å². The van der Waals surface area contributed by atoms with Gasteiger partial charge in [0.2, 0.25) is 0 Å². The zero-order valence-electron chi connectivity index (χ0n) is 6.93. The Balaban J connectivity index is 2.21. The summed E-state index contributed by atoms with van der Waals surface area (Å²) in [6.07, 6.45) is 4.38. The smallest absolute Gasteiger partial charge is 0.0397 e. The van der Waals surface area contributed by atoms with Gasteiger partial charge in [-0.25, -0.2) is 6.07 Å². The van der Waals surface area contributed by atoms with Gasteiger partial charge in [0.05, 0.1) is 0 Å². The van der Waals surface area contributed by atoms with Crippen LogP contribution in [0.15, 0.2) is 12.1 Å². The molecule has 0 heterocycles. The molecule has 0 nitrogen and oxygen atoms in total. The predicted octanol–water partition coefficient (Wildman–Crippen LogP) is 3.08. The number of hydrogen-bond donors (Lipinski definition) is 0. The Kier molecular flexibility index (Phi) is 0.939. The molecule has 3 rings (SSSR count). The maximum Gasteiger partial charge on any atom is -0.0397 e. The minimum absolute atomic E-state index is 0.948. The molecule has 1 aromatic rings. The third-order valence-electron chi connectivity index (χ3n) is 3.41. The summed E-state index contributed by atoms with van der Waals surface area (Å²) in [5.41, 5.74) is 4.86. The fourth-order valence-electron chi connectivity index (χ4n) is 2.95. The number of hydrogen-bond acceptors (Lipinski definition) is 0. The van der Waals surface area contributed by atoms with Gasteiger partial charge in [-0.1, -0.05) is 25.7 Å². The van der Waals surface area contributed by atoms with Gasteiger partial charge in [0.15, 0.2) is 0 Å².